The summed E-state index contributed by atoms with van der Waals surface area (Å²) in [6.45, 7) is 0. The van der Waals surface area contributed by atoms with E-state index in [1.807, 2.05) is 6.26 Å². The zero-order valence-corrected chi connectivity index (χ0v) is 7.71. The van der Waals surface area contributed by atoms with E-state index in [2.05, 4.69) is 0 Å². The highest BCUT2D eigenvalue weighted by molar-refractivity contribution is 7.98. The molecule has 0 aliphatic rings. The Balaban J connectivity index is 2.79. The quantitative estimate of drug-likeness (QED) is 0.752. The molecule has 0 aromatic heterocycles. The Labute approximate surface area is 76.2 Å². The van der Waals surface area contributed by atoms with Crippen LogP contribution >= 0.6 is 11.8 Å². The van der Waals surface area contributed by atoms with Gasteiger partial charge < -0.3 is 10.2 Å². The molecule has 0 spiro atoms. The molecule has 0 aliphatic carbocycles. The Hall–Kier alpha value is -0.670. The highest BCUT2D eigenvalue weighted by atomic mass is 32.2. The number of thioether (sulfide) groups is 1. The molecule has 12 heavy (non-hydrogen) atoms. The van der Waals surface area contributed by atoms with Crippen molar-refractivity contribution < 1.29 is 10.2 Å². The minimum absolute atomic E-state index is 0.166. The molecule has 0 saturated heterocycles. The molecule has 3 heteroatoms. The van der Waals surface area contributed by atoms with Crippen molar-refractivity contribution in [2.45, 2.75) is 6.10 Å². The summed E-state index contributed by atoms with van der Waals surface area (Å²) in [5.41, 5.74) is 0.604. The molecule has 1 aromatic rings. The molecule has 0 bridgehead atoms. The molecule has 1 rings (SSSR count). The number of aliphatic hydroxyl groups is 1. The van der Waals surface area contributed by atoms with E-state index in [1.165, 1.54) is 0 Å². The van der Waals surface area contributed by atoms with Crippen LogP contribution in [0.15, 0.2) is 24.3 Å². The van der Waals surface area contributed by atoms with Crippen molar-refractivity contribution in [3.05, 3.63) is 29.8 Å². The van der Waals surface area contributed by atoms with Crippen LogP contribution in [0.2, 0.25) is 0 Å². The summed E-state index contributed by atoms with van der Waals surface area (Å²) in [7, 11) is 0. The number of para-hydroxylation sites is 1. The van der Waals surface area contributed by atoms with Crippen LogP contribution in [0.5, 0.6) is 5.75 Å². The normalized spacial score (nSPS) is 12.8. The second kappa shape index (κ2) is 4.38. The lowest BCUT2D eigenvalue weighted by Gasteiger charge is -2.10. The number of rotatable bonds is 3. The number of aliphatic hydroxyl groups excluding tert-OH is 1. The second-order valence-corrected chi connectivity index (χ2v) is 3.44. The van der Waals surface area contributed by atoms with Gasteiger partial charge in [0.1, 0.15) is 5.75 Å². The van der Waals surface area contributed by atoms with Crippen molar-refractivity contribution in [2.24, 2.45) is 0 Å². The van der Waals surface area contributed by atoms with Crippen molar-refractivity contribution in [3.8, 4) is 5.75 Å². The van der Waals surface area contributed by atoms with Gasteiger partial charge in [0.2, 0.25) is 0 Å². The van der Waals surface area contributed by atoms with Crippen LogP contribution in [0.1, 0.15) is 11.7 Å². The first-order chi connectivity index (χ1) is 5.75. The van der Waals surface area contributed by atoms with Gasteiger partial charge in [-0.25, -0.2) is 0 Å². The van der Waals surface area contributed by atoms with E-state index >= 15 is 0 Å². The third-order valence-corrected chi connectivity index (χ3v) is 2.27. The molecular weight excluding hydrogens is 172 g/mol. The lowest BCUT2D eigenvalue weighted by Crippen LogP contribution is -1.99. The highest BCUT2D eigenvalue weighted by Crippen LogP contribution is 2.25. The first-order valence-corrected chi connectivity index (χ1v) is 5.10. The summed E-state index contributed by atoms with van der Waals surface area (Å²) in [5, 5.41) is 18.9. The fourth-order valence-electron chi connectivity index (χ4n) is 1.02. The van der Waals surface area contributed by atoms with E-state index in [1.54, 1.807) is 36.0 Å². The Bertz CT molecular complexity index is 250. The van der Waals surface area contributed by atoms with Crippen LogP contribution in [0.4, 0.5) is 0 Å². The first kappa shape index (κ1) is 9.42. The predicted molar refractivity (Wildman–Crippen MR) is 51.4 cm³/mol. The van der Waals surface area contributed by atoms with Crippen LogP contribution in [0.3, 0.4) is 0 Å². The van der Waals surface area contributed by atoms with Crippen LogP contribution < -0.4 is 0 Å². The third kappa shape index (κ3) is 2.16. The van der Waals surface area contributed by atoms with E-state index in [4.69, 9.17) is 0 Å². The Morgan fingerprint density at radius 1 is 1.42 bits per heavy atom. The molecular formula is C9H12O2S. The summed E-state index contributed by atoms with van der Waals surface area (Å²) in [6.07, 6.45) is 1.35. The summed E-state index contributed by atoms with van der Waals surface area (Å²) in [4.78, 5) is 0. The van der Waals surface area contributed by atoms with Gasteiger partial charge in [-0.05, 0) is 12.3 Å². The van der Waals surface area contributed by atoms with Crippen LogP contribution in [-0.2, 0) is 0 Å². The summed E-state index contributed by atoms with van der Waals surface area (Å²) >= 11 is 1.55. The summed E-state index contributed by atoms with van der Waals surface area (Å²) < 4.78 is 0. The minimum atomic E-state index is -0.568. The molecule has 0 heterocycles. The number of benzene rings is 1. The van der Waals surface area contributed by atoms with Gasteiger partial charge in [-0.3, -0.25) is 0 Å². The monoisotopic (exact) mass is 184 g/mol. The lowest BCUT2D eigenvalue weighted by molar-refractivity contribution is 0.200. The van der Waals surface area contributed by atoms with Gasteiger partial charge in [0.25, 0.3) is 0 Å². The maximum Gasteiger partial charge on any atom is 0.121 e. The van der Waals surface area contributed by atoms with E-state index < -0.39 is 6.10 Å². The van der Waals surface area contributed by atoms with Crippen molar-refractivity contribution >= 4 is 11.8 Å². The van der Waals surface area contributed by atoms with E-state index in [-0.39, 0.29) is 5.75 Å². The van der Waals surface area contributed by atoms with Gasteiger partial charge in [0.05, 0.1) is 6.10 Å². The van der Waals surface area contributed by atoms with Crippen molar-refractivity contribution in [1.82, 2.24) is 0 Å². The molecule has 1 atom stereocenters. The lowest BCUT2D eigenvalue weighted by atomic mass is 10.1. The largest absolute Gasteiger partial charge is 0.508 e. The molecule has 66 valence electrons. The van der Waals surface area contributed by atoms with Crippen LogP contribution in [0.25, 0.3) is 0 Å². The van der Waals surface area contributed by atoms with Crippen molar-refractivity contribution in [1.29, 1.82) is 0 Å². The average molecular weight is 184 g/mol. The fourth-order valence-corrected chi connectivity index (χ4v) is 1.51. The fraction of sp³-hybridized carbons (Fsp3) is 0.333. The van der Waals surface area contributed by atoms with Crippen LogP contribution in [-0.4, -0.2) is 22.2 Å². The van der Waals surface area contributed by atoms with Gasteiger partial charge >= 0.3 is 0 Å². The van der Waals surface area contributed by atoms with Gasteiger partial charge in [-0.2, -0.15) is 11.8 Å². The minimum Gasteiger partial charge on any atom is -0.508 e. The number of aromatic hydroxyl groups is 1. The number of hydrogen-bond acceptors (Lipinski definition) is 3. The first-order valence-electron chi connectivity index (χ1n) is 3.70. The van der Waals surface area contributed by atoms with Crippen LogP contribution in [0, 0.1) is 0 Å². The summed E-state index contributed by atoms with van der Waals surface area (Å²) in [6, 6.07) is 6.86. The maximum absolute atomic E-state index is 9.52. The second-order valence-electron chi connectivity index (χ2n) is 2.53. The van der Waals surface area contributed by atoms with Gasteiger partial charge in [0.15, 0.2) is 0 Å². The molecule has 2 N–H and O–H groups in total. The van der Waals surface area contributed by atoms with Crippen molar-refractivity contribution in [3.63, 3.8) is 0 Å². The summed E-state index contributed by atoms with van der Waals surface area (Å²) in [5.74, 6) is 0.774. The zero-order valence-electron chi connectivity index (χ0n) is 6.90. The molecule has 1 aromatic carbocycles. The molecule has 0 amide bonds. The highest BCUT2D eigenvalue weighted by Gasteiger charge is 2.09. The topological polar surface area (TPSA) is 40.5 Å². The predicted octanol–water partition coefficient (Wildman–Crippen LogP) is 1.79. The molecule has 0 fully saturated rings. The van der Waals surface area contributed by atoms with Gasteiger partial charge in [-0.15, -0.1) is 0 Å². The molecule has 2 nitrogen and oxygen atoms in total. The number of phenolic OH excluding ortho intramolecular Hbond substituents is 1. The van der Waals surface area contributed by atoms with Gasteiger partial charge in [0, 0.05) is 11.3 Å². The standard InChI is InChI=1S/C9H12O2S/c1-12-6-9(11)7-4-2-3-5-8(7)10/h2-5,9-11H,6H2,1H3. The molecule has 0 radical (unpaired) electrons. The number of hydrogen-bond donors (Lipinski definition) is 2. The smallest absolute Gasteiger partial charge is 0.121 e. The van der Waals surface area contributed by atoms with E-state index in [0.29, 0.717) is 11.3 Å². The SMILES string of the molecule is CSCC(O)c1ccccc1O. The maximum atomic E-state index is 9.52. The molecule has 0 saturated carbocycles. The van der Waals surface area contributed by atoms with E-state index in [0.717, 1.165) is 0 Å². The Morgan fingerprint density at radius 3 is 2.67 bits per heavy atom. The molecule has 0 aliphatic heterocycles. The Morgan fingerprint density at radius 2 is 2.08 bits per heavy atom. The van der Waals surface area contributed by atoms with Gasteiger partial charge in [-0.1, -0.05) is 18.2 Å². The van der Waals surface area contributed by atoms with Crippen molar-refractivity contribution in [2.75, 3.05) is 12.0 Å². The van der Waals surface area contributed by atoms with E-state index in [9.17, 15) is 10.2 Å². The average Bonchev–Trinajstić information content (AvgIpc) is 2.05. The molecule has 1 unspecified atom stereocenters. The number of phenols is 1. The zero-order chi connectivity index (χ0) is 8.97. The Kier molecular flexibility index (Phi) is 3.44. The third-order valence-electron chi connectivity index (χ3n) is 1.62.